The highest BCUT2D eigenvalue weighted by molar-refractivity contribution is 4.95. The highest BCUT2D eigenvalue weighted by Gasteiger charge is 2.22. The first-order valence-electron chi connectivity index (χ1n) is 12.5. The van der Waals surface area contributed by atoms with Gasteiger partial charge in [-0.05, 0) is 19.3 Å². The molecule has 0 N–H and O–H groups in total. The first kappa shape index (κ1) is 24.4. The summed E-state index contributed by atoms with van der Waals surface area (Å²) in [6.07, 6.45) is 30.7. The lowest BCUT2D eigenvalue weighted by Gasteiger charge is -2.30. The zero-order valence-electron chi connectivity index (χ0n) is 19.1. The van der Waals surface area contributed by atoms with Crippen molar-refractivity contribution < 1.29 is 0 Å². The van der Waals surface area contributed by atoms with E-state index < -0.39 is 0 Å². The summed E-state index contributed by atoms with van der Waals surface area (Å²) in [5, 5.41) is 0. The summed E-state index contributed by atoms with van der Waals surface area (Å²) in [7, 11) is 2.25. The first-order chi connectivity index (χ1) is 13.3. The van der Waals surface area contributed by atoms with E-state index in [-0.39, 0.29) is 0 Å². The molecule has 1 aliphatic heterocycles. The fourth-order valence-electron chi connectivity index (χ4n) is 4.28. The largest absolute Gasteiger partial charge is 0.359 e. The third-order valence-corrected chi connectivity index (χ3v) is 6.18. The predicted octanol–water partition coefficient (Wildman–Crippen LogP) is 8.09. The van der Waals surface area contributed by atoms with Gasteiger partial charge in [0.25, 0.3) is 0 Å². The SMILES string of the molecule is CCCCCCCCCCCN1C=CN(C)C1CCCCCCCCCC. The monoisotopic (exact) mass is 378 g/mol. The molecule has 0 saturated carbocycles. The third-order valence-electron chi connectivity index (χ3n) is 6.18. The Morgan fingerprint density at radius 3 is 1.52 bits per heavy atom. The van der Waals surface area contributed by atoms with Crippen LogP contribution < -0.4 is 0 Å². The molecule has 0 aromatic carbocycles. The van der Waals surface area contributed by atoms with Crippen molar-refractivity contribution in [1.82, 2.24) is 9.80 Å². The van der Waals surface area contributed by atoms with E-state index in [1.807, 2.05) is 0 Å². The van der Waals surface area contributed by atoms with Crippen LogP contribution in [0.1, 0.15) is 129 Å². The quantitative estimate of drug-likeness (QED) is 0.209. The van der Waals surface area contributed by atoms with Crippen molar-refractivity contribution in [1.29, 1.82) is 0 Å². The van der Waals surface area contributed by atoms with Crippen LogP contribution in [0.25, 0.3) is 0 Å². The molecular weight excluding hydrogens is 328 g/mol. The van der Waals surface area contributed by atoms with Crippen LogP contribution in [0.3, 0.4) is 0 Å². The summed E-state index contributed by atoms with van der Waals surface area (Å²) < 4.78 is 0. The van der Waals surface area contributed by atoms with E-state index in [0.29, 0.717) is 6.17 Å². The van der Waals surface area contributed by atoms with Gasteiger partial charge in [-0.25, -0.2) is 0 Å². The minimum Gasteiger partial charge on any atom is -0.359 e. The summed E-state index contributed by atoms with van der Waals surface area (Å²) in [4.78, 5) is 5.03. The normalized spacial score (nSPS) is 16.6. The average Bonchev–Trinajstić information content (AvgIpc) is 3.02. The molecule has 0 bridgehead atoms. The topological polar surface area (TPSA) is 6.48 Å². The highest BCUT2D eigenvalue weighted by Crippen LogP contribution is 2.21. The van der Waals surface area contributed by atoms with Crippen LogP contribution >= 0.6 is 0 Å². The Morgan fingerprint density at radius 1 is 0.556 bits per heavy atom. The maximum atomic E-state index is 2.60. The van der Waals surface area contributed by atoms with E-state index >= 15 is 0 Å². The number of rotatable bonds is 19. The zero-order valence-corrected chi connectivity index (χ0v) is 19.1. The molecule has 0 spiro atoms. The Kier molecular flexibility index (Phi) is 15.7. The van der Waals surface area contributed by atoms with Gasteiger partial charge in [0.1, 0.15) is 6.17 Å². The van der Waals surface area contributed by atoms with Gasteiger partial charge >= 0.3 is 0 Å². The maximum absolute atomic E-state index is 2.60. The Balaban J connectivity index is 2.00. The van der Waals surface area contributed by atoms with Crippen molar-refractivity contribution in [2.24, 2.45) is 0 Å². The molecule has 1 unspecified atom stereocenters. The number of nitrogens with zero attached hydrogens (tertiary/aromatic N) is 2. The highest BCUT2D eigenvalue weighted by atomic mass is 15.4. The standard InChI is InChI=1S/C25H50N2/c1-4-6-8-10-12-14-16-18-20-22-27-24-23-26(3)25(27)21-19-17-15-13-11-9-7-5-2/h23-25H,4-22H2,1-3H3. The fourth-order valence-corrected chi connectivity index (χ4v) is 4.28. The molecule has 2 heteroatoms. The van der Waals surface area contributed by atoms with Crippen molar-refractivity contribution in [3.63, 3.8) is 0 Å². The van der Waals surface area contributed by atoms with Crippen molar-refractivity contribution >= 4 is 0 Å². The summed E-state index contributed by atoms with van der Waals surface area (Å²) in [6.45, 7) is 5.84. The van der Waals surface area contributed by atoms with Crippen LogP contribution in [0.4, 0.5) is 0 Å². The molecule has 0 aliphatic carbocycles. The molecule has 1 rings (SSSR count). The predicted molar refractivity (Wildman–Crippen MR) is 122 cm³/mol. The van der Waals surface area contributed by atoms with Crippen molar-refractivity contribution in [2.75, 3.05) is 13.6 Å². The van der Waals surface area contributed by atoms with Crippen LogP contribution in [-0.2, 0) is 0 Å². The molecule has 1 aliphatic rings. The second-order valence-electron chi connectivity index (χ2n) is 8.77. The summed E-state index contributed by atoms with van der Waals surface area (Å²) in [5.41, 5.74) is 0. The van der Waals surface area contributed by atoms with Crippen molar-refractivity contribution in [3.8, 4) is 0 Å². The molecule has 1 atom stereocenters. The zero-order chi connectivity index (χ0) is 19.6. The van der Waals surface area contributed by atoms with Crippen LogP contribution in [0.15, 0.2) is 12.4 Å². The van der Waals surface area contributed by atoms with Gasteiger partial charge < -0.3 is 9.80 Å². The summed E-state index contributed by atoms with van der Waals surface area (Å²) in [6, 6.07) is 0. The summed E-state index contributed by atoms with van der Waals surface area (Å²) in [5.74, 6) is 0. The number of hydrogen-bond donors (Lipinski definition) is 0. The van der Waals surface area contributed by atoms with Crippen LogP contribution in [0.5, 0.6) is 0 Å². The average molecular weight is 379 g/mol. The van der Waals surface area contributed by atoms with Crippen LogP contribution in [0, 0.1) is 0 Å². The maximum Gasteiger partial charge on any atom is 0.100 e. The smallest absolute Gasteiger partial charge is 0.100 e. The number of hydrogen-bond acceptors (Lipinski definition) is 2. The molecule has 0 aromatic rings. The Bertz CT molecular complexity index is 339. The van der Waals surface area contributed by atoms with Crippen LogP contribution in [-0.4, -0.2) is 29.6 Å². The van der Waals surface area contributed by atoms with Gasteiger partial charge in [0.05, 0.1) is 0 Å². The van der Waals surface area contributed by atoms with E-state index in [9.17, 15) is 0 Å². The molecule has 0 aromatic heterocycles. The third kappa shape index (κ3) is 12.4. The molecule has 1 heterocycles. The van der Waals surface area contributed by atoms with Gasteiger partial charge in [0.15, 0.2) is 0 Å². The van der Waals surface area contributed by atoms with E-state index in [1.165, 1.54) is 122 Å². The Hall–Kier alpha value is -0.660. The minimum atomic E-state index is 0.624. The van der Waals surface area contributed by atoms with Gasteiger partial charge in [-0.2, -0.15) is 0 Å². The molecule has 2 nitrogen and oxygen atoms in total. The first-order valence-corrected chi connectivity index (χ1v) is 12.5. The fraction of sp³-hybridized carbons (Fsp3) is 0.920. The lowest BCUT2D eigenvalue weighted by Crippen LogP contribution is -2.37. The van der Waals surface area contributed by atoms with Crippen LogP contribution in [0.2, 0.25) is 0 Å². The van der Waals surface area contributed by atoms with Gasteiger partial charge in [0.2, 0.25) is 0 Å². The van der Waals surface area contributed by atoms with Gasteiger partial charge in [-0.3, -0.25) is 0 Å². The minimum absolute atomic E-state index is 0.624. The van der Waals surface area contributed by atoms with Gasteiger partial charge in [-0.1, -0.05) is 110 Å². The molecule has 0 saturated heterocycles. The Labute approximate surface area is 171 Å². The lowest BCUT2D eigenvalue weighted by molar-refractivity contribution is 0.159. The van der Waals surface area contributed by atoms with Crippen molar-refractivity contribution in [2.45, 2.75) is 136 Å². The molecule has 0 amide bonds. The molecule has 160 valence electrons. The molecular formula is C25H50N2. The van der Waals surface area contributed by atoms with E-state index in [0.717, 1.165) is 0 Å². The lowest BCUT2D eigenvalue weighted by atomic mass is 10.1. The van der Waals surface area contributed by atoms with Gasteiger partial charge in [-0.15, -0.1) is 0 Å². The van der Waals surface area contributed by atoms with E-state index in [1.54, 1.807) is 0 Å². The molecule has 0 fully saturated rings. The van der Waals surface area contributed by atoms with E-state index in [2.05, 4.69) is 43.1 Å². The van der Waals surface area contributed by atoms with E-state index in [4.69, 9.17) is 0 Å². The van der Waals surface area contributed by atoms with Gasteiger partial charge in [0, 0.05) is 26.0 Å². The Morgan fingerprint density at radius 2 is 1.00 bits per heavy atom. The second kappa shape index (κ2) is 17.4. The second-order valence-corrected chi connectivity index (χ2v) is 8.77. The summed E-state index contributed by atoms with van der Waals surface area (Å²) >= 11 is 0. The van der Waals surface area contributed by atoms with Crippen molar-refractivity contribution in [3.05, 3.63) is 12.4 Å². The molecule has 27 heavy (non-hydrogen) atoms. The molecule has 0 radical (unpaired) electrons. The number of unbranched alkanes of at least 4 members (excludes halogenated alkanes) is 15.